The van der Waals surface area contributed by atoms with Crippen molar-refractivity contribution < 1.29 is 13.2 Å². The van der Waals surface area contributed by atoms with Gasteiger partial charge in [-0.05, 0) is 23.6 Å². The van der Waals surface area contributed by atoms with E-state index in [2.05, 4.69) is 20.2 Å². The molecule has 4 aromatic rings. The maximum absolute atomic E-state index is 12.7. The van der Waals surface area contributed by atoms with Gasteiger partial charge in [-0.15, -0.1) is 10.2 Å². The molecular weight excluding hydrogens is 396 g/mol. The molecule has 7 nitrogen and oxygen atoms in total. The number of nitrogens with zero attached hydrogens (tertiary/aromatic N) is 2. The number of aromatic nitrogens is 2. The van der Waals surface area contributed by atoms with Gasteiger partial charge in [0, 0.05) is 10.9 Å². The average molecular weight is 410 g/mol. The van der Waals surface area contributed by atoms with Crippen LogP contribution >= 0.6 is 11.3 Å². The summed E-state index contributed by atoms with van der Waals surface area (Å²) < 4.78 is 27.7. The van der Waals surface area contributed by atoms with Crippen LogP contribution in [0.15, 0.2) is 77.1 Å². The van der Waals surface area contributed by atoms with Crippen molar-refractivity contribution in [3.63, 3.8) is 0 Å². The van der Waals surface area contributed by atoms with Crippen molar-refractivity contribution >= 4 is 48.9 Å². The lowest BCUT2D eigenvalue weighted by molar-refractivity contribution is 0.102. The van der Waals surface area contributed by atoms with Crippen molar-refractivity contribution in [3.8, 4) is 0 Å². The van der Waals surface area contributed by atoms with Crippen LogP contribution in [0, 0.1) is 0 Å². The molecule has 0 aliphatic heterocycles. The fraction of sp³-hybridized carbons (Fsp3) is 0. The van der Waals surface area contributed by atoms with E-state index in [0.29, 0.717) is 11.3 Å². The standard InChI is InChI=1S/C19H14N4O3S2/c24-17(14-8-2-1-3-9-14)20-18-21-22-19(27-18)28(25,26)23-16-12-6-10-13-7-4-5-11-15(13)16/h1-12,23H,(H,20,21,24). The second kappa shape index (κ2) is 7.37. The summed E-state index contributed by atoms with van der Waals surface area (Å²) in [5.41, 5.74) is 0.888. The van der Waals surface area contributed by atoms with Crippen molar-refractivity contribution in [2.45, 2.75) is 4.34 Å². The zero-order chi connectivity index (χ0) is 19.6. The molecule has 0 aliphatic rings. The fourth-order valence-electron chi connectivity index (χ4n) is 2.63. The molecule has 1 amide bonds. The number of nitrogens with one attached hydrogen (secondary N) is 2. The summed E-state index contributed by atoms with van der Waals surface area (Å²) in [4.78, 5) is 12.2. The van der Waals surface area contributed by atoms with Crippen LogP contribution in [0.25, 0.3) is 10.8 Å². The first-order chi connectivity index (χ1) is 13.5. The van der Waals surface area contributed by atoms with Crippen LogP contribution in [0.4, 0.5) is 10.8 Å². The monoisotopic (exact) mass is 410 g/mol. The van der Waals surface area contributed by atoms with E-state index in [0.717, 1.165) is 22.1 Å². The van der Waals surface area contributed by atoms with Crippen LogP contribution in [-0.4, -0.2) is 24.5 Å². The van der Waals surface area contributed by atoms with Crippen LogP contribution in [0.1, 0.15) is 10.4 Å². The molecule has 0 atom stereocenters. The number of carbonyl (C=O) groups is 1. The Morgan fingerprint density at radius 1 is 0.857 bits per heavy atom. The molecule has 0 spiro atoms. The third kappa shape index (κ3) is 3.71. The molecule has 140 valence electrons. The fourth-order valence-corrected chi connectivity index (χ4v) is 4.61. The summed E-state index contributed by atoms with van der Waals surface area (Å²) in [5, 5.41) is 11.8. The summed E-state index contributed by atoms with van der Waals surface area (Å²) >= 11 is 0.783. The summed E-state index contributed by atoms with van der Waals surface area (Å²) in [7, 11) is -3.94. The van der Waals surface area contributed by atoms with Gasteiger partial charge in [0.25, 0.3) is 20.3 Å². The van der Waals surface area contributed by atoms with Gasteiger partial charge in [0.1, 0.15) is 0 Å². The molecule has 0 bridgehead atoms. The van der Waals surface area contributed by atoms with Crippen LogP contribution in [0.3, 0.4) is 0 Å². The Balaban J connectivity index is 1.56. The quantitative estimate of drug-likeness (QED) is 0.488. The highest BCUT2D eigenvalue weighted by Gasteiger charge is 2.22. The van der Waals surface area contributed by atoms with Gasteiger partial charge in [0.15, 0.2) is 0 Å². The molecule has 28 heavy (non-hydrogen) atoms. The maximum Gasteiger partial charge on any atom is 0.291 e. The molecule has 0 radical (unpaired) electrons. The Labute approximate surface area is 165 Å². The second-order valence-corrected chi connectivity index (χ2v) is 8.66. The lowest BCUT2D eigenvalue weighted by atomic mass is 10.1. The number of anilines is 2. The highest BCUT2D eigenvalue weighted by Crippen LogP contribution is 2.27. The van der Waals surface area contributed by atoms with Gasteiger partial charge in [0.2, 0.25) is 5.13 Å². The van der Waals surface area contributed by atoms with E-state index >= 15 is 0 Å². The second-order valence-electron chi connectivity index (χ2n) is 5.83. The summed E-state index contributed by atoms with van der Waals surface area (Å²) in [6.07, 6.45) is 0. The van der Waals surface area contributed by atoms with Gasteiger partial charge in [-0.1, -0.05) is 65.9 Å². The van der Waals surface area contributed by atoms with Gasteiger partial charge >= 0.3 is 0 Å². The number of rotatable bonds is 5. The molecule has 0 saturated heterocycles. The normalized spacial score (nSPS) is 11.3. The minimum Gasteiger partial charge on any atom is -0.296 e. The average Bonchev–Trinajstić information content (AvgIpc) is 3.18. The molecule has 0 saturated carbocycles. The largest absolute Gasteiger partial charge is 0.296 e. The lowest BCUT2D eigenvalue weighted by Gasteiger charge is -2.08. The lowest BCUT2D eigenvalue weighted by Crippen LogP contribution is -2.13. The summed E-state index contributed by atoms with van der Waals surface area (Å²) in [6.45, 7) is 0. The van der Waals surface area contributed by atoms with Crippen LogP contribution in [0.2, 0.25) is 0 Å². The van der Waals surface area contributed by atoms with E-state index in [1.165, 1.54) is 0 Å². The highest BCUT2D eigenvalue weighted by atomic mass is 32.2. The first-order valence-corrected chi connectivity index (χ1v) is 10.5. The minimum absolute atomic E-state index is 0.104. The third-order valence-corrected chi connectivity index (χ3v) is 6.50. The first-order valence-electron chi connectivity index (χ1n) is 8.23. The molecule has 9 heteroatoms. The number of benzene rings is 3. The third-order valence-electron chi connectivity index (χ3n) is 3.93. The molecule has 1 aromatic heterocycles. The van der Waals surface area contributed by atoms with Crippen molar-refractivity contribution in [2.75, 3.05) is 10.0 Å². The molecule has 4 rings (SSSR count). The Morgan fingerprint density at radius 3 is 2.39 bits per heavy atom. The topological polar surface area (TPSA) is 101 Å². The molecule has 0 fully saturated rings. The highest BCUT2D eigenvalue weighted by molar-refractivity contribution is 7.94. The predicted octanol–water partition coefficient (Wildman–Crippen LogP) is 3.74. The van der Waals surface area contributed by atoms with E-state index < -0.39 is 10.0 Å². The predicted molar refractivity (Wildman–Crippen MR) is 109 cm³/mol. The molecule has 0 aliphatic carbocycles. The number of hydrogen-bond donors (Lipinski definition) is 2. The smallest absolute Gasteiger partial charge is 0.291 e. The number of carbonyl (C=O) groups excluding carboxylic acids is 1. The number of sulfonamides is 1. The number of amides is 1. The first kappa shape index (κ1) is 18.1. The molecule has 0 unspecified atom stereocenters. The Morgan fingerprint density at radius 2 is 1.57 bits per heavy atom. The van der Waals surface area contributed by atoms with Crippen molar-refractivity contribution in [1.29, 1.82) is 0 Å². The zero-order valence-electron chi connectivity index (χ0n) is 14.4. The van der Waals surface area contributed by atoms with E-state index in [-0.39, 0.29) is 15.4 Å². The van der Waals surface area contributed by atoms with E-state index in [1.54, 1.807) is 42.5 Å². The van der Waals surface area contributed by atoms with E-state index in [1.807, 2.05) is 30.3 Å². The van der Waals surface area contributed by atoms with E-state index in [9.17, 15) is 13.2 Å². The van der Waals surface area contributed by atoms with Gasteiger partial charge in [-0.3, -0.25) is 14.8 Å². The zero-order valence-corrected chi connectivity index (χ0v) is 16.0. The number of hydrogen-bond acceptors (Lipinski definition) is 6. The molecular formula is C19H14N4O3S2. The van der Waals surface area contributed by atoms with Crippen LogP contribution < -0.4 is 10.0 Å². The van der Waals surface area contributed by atoms with Crippen molar-refractivity contribution in [2.24, 2.45) is 0 Å². The maximum atomic E-state index is 12.7. The van der Waals surface area contributed by atoms with Gasteiger partial charge in [-0.25, -0.2) is 0 Å². The Hall–Kier alpha value is -3.30. The Kier molecular flexibility index (Phi) is 4.76. The van der Waals surface area contributed by atoms with Gasteiger partial charge < -0.3 is 0 Å². The summed E-state index contributed by atoms with van der Waals surface area (Å²) in [5.74, 6) is -0.386. The number of fused-ring (bicyclic) bond motifs is 1. The van der Waals surface area contributed by atoms with Crippen LogP contribution in [0.5, 0.6) is 0 Å². The minimum atomic E-state index is -3.94. The SMILES string of the molecule is O=C(Nc1nnc(S(=O)(=O)Nc2cccc3ccccc23)s1)c1ccccc1. The van der Waals surface area contributed by atoms with Crippen molar-refractivity contribution in [1.82, 2.24) is 10.2 Å². The Bertz CT molecular complexity index is 1250. The summed E-state index contributed by atoms with van der Waals surface area (Å²) in [6, 6.07) is 21.4. The van der Waals surface area contributed by atoms with Crippen LogP contribution in [-0.2, 0) is 10.0 Å². The molecule has 3 aromatic carbocycles. The molecule has 1 heterocycles. The van der Waals surface area contributed by atoms with Gasteiger partial charge in [0.05, 0.1) is 5.69 Å². The molecule has 2 N–H and O–H groups in total. The van der Waals surface area contributed by atoms with E-state index in [4.69, 9.17) is 0 Å². The van der Waals surface area contributed by atoms with Gasteiger partial charge in [-0.2, -0.15) is 8.42 Å². The van der Waals surface area contributed by atoms with Crippen molar-refractivity contribution in [3.05, 3.63) is 78.4 Å².